The Kier molecular flexibility index (Phi) is 5.71. The molecule has 2 aromatic rings. The lowest BCUT2D eigenvalue weighted by atomic mass is 10.0. The van der Waals surface area contributed by atoms with E-state index < -0.39 is 5.82 Å². The molecule has 122 valence electrons. The molecule has 4 nitrogen and oxygen atoms in total. The van der Waals surface area contributed by atoms with Gasteiger partial charge in [0.25, 0.3) is 0 Å². The second-order valence-electron chi connectivity index (χ2n) is 5.55. The Morgan fingerprint density at radius 1 is 1.17 bits per heavy atom. The molecule has 5 heteroatoms. The number of amides is 1. The summed E-state index contributed by atoms with van der Waals surface area (Å²) in [6.07, 6.45) is 0. The van der Waals surface area contributed by atoms with E-state index in [0.29, 0.717) is 17.4 Å². The van der Waals surface area contributed by atoms with Gasteiger partial charge in [0.1, 0.15) is 5.75 Å². The molecular formula is C18H21FN2O2. The number of halogens is 1. The van der Waals surface area contributed by atoms with Gasteiger partial charge in [-0.2, -0.15) is 0 Å². The van der Waals surface area contributed by atoms with Crippen molar-refractivity contribution in [3.05, 3.63) is 53.8 Å². The molecule has 0 aliphatic carbocycles. The van der Waals surface area contributed by atoms with Gasteiger partial charge < -0.3 is 15.4 Å². The molecule has 2 aromatic carbocycles. The van der Waals surface area contributed by atoms with Crippen LogP contribution in [0.25, 0.3) is 0 Å². The van der Waals surface area contributed by atoms with Crippen molar-refractivity contribution in [1.29, 1.82) is 0 Å². The first-order valence-electron chi connectivity index (χ1n) is 7.51. The molecule has 1 amide bonds. The van der Waals surface area contributed by atoms with Crippen molar-refractivity contribution in [2.45, 2.75) is 19.8 Å². The Labute approximate surface area is 135 Å². The highest BCUT2D eigenvalue weighted by Gasteiger charge is 2.08. The minimum absolute atomic E-state index is 0.119. The highest BCUT2D eigenvalue weighted by molar-refractivity contribution is 5.92. The van der Waals surface area contributed by atoms with Crippen LogP contribution in [-0.2, 0) is 4.79 Å². The van der Waals surface area contributed by atoms with Crippen LogP contribution in [0.3, 0.4) is 0 Å². The van der Waals surface area contributed by atoms with Crippen LogP contribution in [-0.4, -0.2) is 19.5 Å². The summed E-state index contributed by atoms with van der Waals surface area (Å²) in [5, 5.41) is 5.33. The lowest BCUT2D eigenvalue weighted by molar-refractivity contribution is -0.115. The zero-order valence-corrected chi connectivity index (χ0v) is 13.5. The maximum absolute atomic E-state index is 14.1. The summed E-state index contributed by atoms with van der Waals surface area (Å²) in [6, 6.07) is 11.9. The molecule has 0 radical (unpaired) electrons. The normalized spacial score (nSPS) is 10.7. The maximum atomic E-state index is 14.1. The van der Waals surface area contributed by atoms with Crippen molar-refractivity contribution in [3.63, 3.8) is 0 Å². The van der Waals surface area contributed by atoms with Crippen molar-refractivity contribution in [2.24, 2.45) is 0 Å². The van der Waals surface area contributed by atoms with Crippen LogP contribution < -0.4 is 15.4 Å². The Balaban J connectivity index is 2.07. The number of rotatable bonds is 6. The van der Waals surface area contributed by atoms with E-state index in [1.165, 1.54) is 17.7 Å². The number of carbonyl (C=O) groups excluding carboxylic acids is 1. The fraction of sp³-hybridized carbons (Fsp3) is 0.278. The summed E-state index contributed by atoms with van der Waals surface area (Å²) >= 11 is 0. The molecule has 0 unspecified atom stereocenters. The number of anilines is 1. The predicted octanol–water partition coefficient (Wildman–Crippen LogP) is 3.90. The van der Waals surface area contributed by atoms with E-state index in [4.69, 9.17) is 4.74 Å². The van der Waals surface area contributed by atoms with Crippen LogP contribution in [0, 0.1) is 5.82 Å². The Hall–Kier alpha value is -2.40. The summed E-state index contributed by atoms with van der Waals surface area (Å²) in [4.78, 5) is 11.5. The molecule has 2 N–H and O–H groups in total. The second-order valence-corrected chi connectivity index (χ2v) is 5.55. The average molecular weight is 316 g/mol. The minimum atomic E-state index is -0.528. The summed E-state index contributed by atoms with van der Waals surface area (Å²) < 4.78 is 19.6. The fourth-order valence-electron chi connectivity index (χ4n) is 2.07. The molecule has 23 heavy (non-hydrogen) atoms. The summed E-state index contributed by atoms with van der Waals surface area (Å²) in [5.74, 6) is 0.362. The van der Waals surface area contributed by atoms with E-state index in [1.54, 1.807) is 13.1 Å². The quantitative estimate of drug-likeness (QED) is 0.850. The molecule has 0 atom stereocenters. The molecule has 0 saturated heterocycles. The zero-order chi connectivity index (χ0) is 16.8. The SMILES string of the molecule is CNCC(=O)Nc1ccc(Oc2ccc(C(C)C)cc2)c(F)c1. The van der Waals surface area contributed by atoms with Crippen molar-refractivity contribution in [2.75, 3.05) is 18.9 Å². The first kappa shape index (κ1) is 17.0. The number of benzene rings is 2. The van der Waals surface area contributed by atoms with Gasteiger partial charge in [-0.15, -0.1) is 0 Å². The number of ether oxygens (including phenoxy) is 1. The van der Waals surface area contributed by atoms with Crippen LogP contribution in [0.4, 0.5) is 10.1 Å². The first-order chi connectivity index (χ1) is 11.0. The first-order valence-corrected chi connectivity index (χ1v) is 7.51. The van der Waals surface area contributed by atoms with E-state index in [2.05, 4.69) is 24.5 Å². The van der Waals surface area contributed by atoms with E-state index in [-0.39, 0.29) is 18.2 Å². The lowest BCUT2D eigenvalue weighted by Gasteiger charge is -2.11. The molecule has 0 bridgehead atoms. The molecule has 2 rings (SSSR count). The van der Waals surface area contributed by atoms with Crippen LogP contribution in [0.2, 0.25) is 0 Å². The van der Waals surface area contributed by atoms with Gasteiger partial charge in [-0.1, -0.05) is 26.0 Å². The van der Waals surface area contributed by atoms with E-state index >= 15 is 0 Å². The van der Waals surface area contributed by atoms with Crippen LogP contribution in [0.1, 0.15) is 25.3 Å². The van der Waals surface area contributed by atoms with E-state index in [9.17, 15) is 9.18 Å². The molecule has 0 aliphatic rings. The van der Waals surface area contributed by atoms with Crippen LogP contribution in [0.5, 0.6) is 11.5 Å². The van der Waals surface area contributed by atoms with Gasteiger partial charge in [-0.05, 0) is 42.8 Å². The number of hydrogen-bond acceptors (Lipinski definition) is 3. The van der Waals surface area contributed by atoms with Gasteiger partial charge >= 0.3 is 0 Å². The van der Waals surface area contributed by atoms with Gasteiger partial charge in [0.2, 0.25) is 5.91 Å². The molecule has 0 aromatic heterocycles. The zero-order valence-electron chi connectivity index (χ0n) is 13.5. The monoisotopic (exact) mass is 316 g/mol. The third-order valence-corrected chi connectivity index (χ3v) is 3.33. The van der Waals surface area contributed by atoms with Crippen molar-refractivity contribution in [3.8, 4) is 11.5 Å². The molecule has 0 aliphatic heterocycles. The smallest absolute Gasteiger partial charge is 0.238 e. The van der Waals surface area contributed by atoms with Crippen molar-refractivity contribution in [1.82, 2.24) is 5.32 Å². The molecule has 0 heterocycles. The minimum Gasteiger partial charge on any atom is -0.454 e. The Morgan fingerprint density at radius 2 is 1.87 bits per heavy atom. The van der Waals surface area contributed by atoms with Crippen molar-refractivity contribution >= 4 is 11.6 Å². The molecule has 0 saturated carbocycles. The van der Waals surface area contributed by atoms with Gasteiger partial charge in [-0.25, -0.2) is 4.39 Å². The van der Waals surface area contributed by atoms with Gasteiger partial charge in [0.05, 0.1) is 6.54 Å². The standard InChI is InChI=1S/C18H21FN2O2/c1-12(2)13-4-7-15(8-5-13)23-17-9-6-14(10-16(17)19)21-18(22)11-20-3/h4-10,12,20H,11H2,1-3H3,(H,21,22). The average Bonchev–Trinajstić information content (AvgIpc) is 2.51. The third-order valence-electron chi connectivity index (χ3n) is 3.33. The Morgan fingerprint density at radius 3 is 2.43 bits per heavy atom. The van der Waals surface area contributed by atoms with Gasteiger partial charge in [0.15, 0.2) is 11.6 Å². The summed E-state index contributed by atoms with van der Waals surface area (Å²) in [7, 11) is 1.67. The van der Waals surface area contributed by atoms with Crippen molar-refractivity contribution < 1.29 is 13.9 Å². The molecule has 0 spiro atoms. The second kappa shape index (κ2) is 7.74. The highest BCUT2D eigenvalue weighted by atomic mass is 19.1. The van der Waals surface area contributed by atoms with Crippen LogP contribution >= 0.6 is 0 Å². The topological polar surface area (TPSA) is 50.4 Å². The van der Waals surface area contributed by atoms with E-state index in [0.717, 1.165) is 0 Å². The van der Waals surface area contributed by atoms with Crippen LogP contribution in [0.15, 0.2) is 42.5 Å². The fourth-order valence-corrected chi connectivity index (χ4v) is 2.07. The largest absolute Gasteiger partial charge is 0.454 e. The number of hydrogen-bond donors (Lipinski definition) is 2. The third kappa shape index (κ3) is 4.79. The summed E-state index contributed by atoms with van der Waals surface area (Å²) in [5.41, 5.74) is 1.59. The summed E-state index contributed by atoms with van der Waals surface area (Å²) in [6.45, 7) is 4.38. The van der Waals surface area contributed by atoms with Gasteiger partial charge in [0, 0.05) is 11.8 Å². The number of nitrogens with one attached hydrogen (secondary N) is 2. The lowest BCUT2D eigenvalue weighted by Crippen LogP contribution is -2.25. The predicted molar refractivity (Wildman–Crippen MR) is 89.6 cm³/mol. The number of carbonyl (C=O) groups is 1. The van der Waals surface area contributed by atoms with E-state index in [1.807, 2.05) is 24.3 Å². The molecule has 0 fully saturated rings. The Bertz CT molecular complexity index is 669. The maximum Gasteiger partial charge on any atom is 0.238 e. The van der Waals surface area contributed by atoms with Gasteiger partial charge in [-0.3, -0.25) is 4.79 Å². The highest BCUT2D eigenvalue weighted by Crippen LogP contribution is 2.27. The molecular weight excluding hydrogens is 295 g/mol. The number of likely N-dealkylation sites (N-methyl/N-ethyl adjacent to an activating group) is 1.